The summed E-state index contributed by atoms with van der Waals surface area (Å²) >= 11 is 3.83. The standard InChI is InChI=1S/C18H37Br/c1-4-6-7-8-9-10-11-12-13-14-16-17(3)18(19)15-5-2/h17-18H,4-16H2,1-3H3. The van der Waals surface area contributed by atoms with Gasteiger partial charge >= 0.3 is 0 Å². The predicted molar refractivity (Wildman–Crippen MR) is 93.2 cm³/mol. The van der Waals surface area contributed by atoms with Crippen LogP contribution < -0.4 is 0 Å². The smallest absolute Gasteiger partial charge is 0.0171 e. The maximum Gasteiger partial charge on any atom is 0.0171 e. The van der Waals surface area contributed by atoms with E-state index in [-0.39, 0.29) is 0 Å². The van der Waals surface area contributed by atoms with Gasteiger partial charge in [0.05, 0.1) is 0 Å². The molecule has 0 aromatic carbocycles. The second-order valence-corrected chi connectivity index (χ2v) is 7.43. The fraction of sp³-hybridized carbons (Fsp3) is 1.00. The van der Waals surface area contributed by atoms with E-state index in [1.807, 2.05) is 0 Å². The van der Waals surface area contributed by atoms with Gasteiger partial charge in [0.2, 0.25) is 0 Å². The zero-order valence-electron chi connectivity index (χ0n) is 13.7. The summed E-state index contributed by atoms with van der Waals surface area (Å²) in [4.78, 5) is 0.746. The monoisotopic (exact) mass is 332 g/mol. The van der Waals surface area contributed by atoms with Crippen LogP contribution in [0.4, 0.5) is 0 Å². The third-order valence-corrected chi connectivity index (χ3v) is 5.56. The third-order valence-electron chi connectivity index (χ3n) is 4.19. The minimum Gasteiger partial charge on any atom is -0.0888 e. The second kappa shape index (κ2) is 14.9. The lowest BCUT2D eigenvalue weighted by molar-refractivity contribution is 0.455. The zero-order chi connectivity index (χ0) is 14.3. The predicted octanol–water partition coefficient (Wildman–Crippen LogP) is 7.50. The van der Waals surface area contributed by atoms with Crippen LogP contribution in [0.1, 0.15) is 104 Å². The highest BCUT2D eigenvalue weighted by molar-refractivity contribution is 9.09. The number of hydrogen-bond acceptors (Lipinski definition) is 0. The molecule has 116 valence electrons. The average molecular weight is 333 g/mol. The number of unbranched alkanes of at least 4 members (excludes halogenated alkanes) is 9. The van der Waals surface area contributed by atoms with Crippen molar-refractivity contribution in [3.63, 3.8) is 0 Å². The molecule has 0 saturated heterocycles. The van der Waals surface area contributed by atoms with Crippen LogP contribution in [0.2, 0.25) is 0 Å². The molecule has 0 N–H and O–H groups in total. The van der Waals surface area contributed by atoms with Gasteiger partial charge in [0.15, 0.2) is 0 Å². The molecule has 0 aliphatic carbocycles. The zero-order valence-corrected chi connectivity index (χ0v) is 15.3. The third kappa shape index (κ3) is 13.2. The molecular weight excluding hydrogens is 296 g/mol. The van der Waals surface area contributed by atoms with Crippen molar-refractivity contribution < 1.29 is 0 Å². The van der Waals surface area contributed by atoms with E-state index in [2.05, 4.69) is 36.7 Å². The molecule has 0 saturated carbocycles. The molecule has 0 bridgehead atoms. The molecule has 0 spiro atoms. The van der Waals surface area contributed by atoms with Gasteiger partial charge in [0.1, 0.15) is 0 Å². The Morgan fingerprint density at radius 3 is 1.58 bits per heavy atom. The highest BCUT2D eigenvalue weighted by Gasteiger charge is 2.11. The largest absolute Gasteiger partial charge is 0.0888 e. The van der Waals surface area contributed by atoms with Gasteiger partial charge in [-0.15, -0.1) is 0 Å². The van der Waals surface area contributed by atoms with Crippen LogP contribution >= 0.6 is 15.9 Å². The summed E-state index contributed by atoms with van der Waals surface area (Å²) in [7, 11) is 0. The second-order valence-electron chi connectivity index (χ2n) is 6.25. The number of halogens is 1. The van der Waals surface area contributed by atoms with Crippen molar-refractivity contribution in [3.8, 4) is 0 Å². The molecule has 0 aliphatic rings. The molecule has 0 nitrogen and oxygen atoms in total. The van der Waals surface area contributed by atoms with E-state index in [0.29, 0.717) is 0 Å². The van der Waals surface area contributed by atoms with Crippen LogP contribution in [0, 0.1) is 5.92 Å². The van der Waals surface area contributed by atoms with E-state index in [0.717, 1.165) is 10.7 Å². The summed E-state index contributed by atoms with van der Waals surface area (Å²) in [5.41, 5.74) is 0. The molecule has 0 amide bonds. The first-order chi connectivity index (χ1) is 9.22. The molecule has 0 aromatic heterocycles. The van der Waals surface area contributed by atoms with Crippen LogP contribution in [0.5, 0.6) is 0 Å². The molecule has 0 fully saturated rings. The summed E-state index contributed by atoms with van der Waals surface area (Å²) in [6.45, 7) is 6.98. The van der Waals surface area contributed by atoms with E-state index < -0.39 is 0 Å². The fourth-order valence-corrected chi connectivity index (χ4v) is 3.42. The van der Waals surface area contributed by atoms with Crippen LogP contribution in [0.15, 0.2) is 0 Å². The van der Waals surface area contributed by atoms with Crippen molar-refractivity contribution in [1.82, 2.24) is 0 Å². The molecule has 1 heteroatoms. The van der Waals surface area contributed by atoms with Crippen molar-refractivity contribution >= 4 is 15.9 Å². The molecule has 0 aromatic rings. The maximum atomic E-state index is 3.83. The molecule has 0 heterocycles. The first kappa shape index (κ1) is 19.5. The summed E-state index contributed by atoms with van der Waals surface area (Å²) in [5.74, 6) is 0.856. The highest BCUT2D eigenvalue weighted by Crippen LogP contribution is 2.23. The number of alkyl halides is 1. The normalized spacial score (nSPS) is 14.5. The van der Waals surface area contributed by atoms with E-state index in [1.165, 1.54) is 83.5 Å². The lowest BCUT2D eigenvalue weighted by atomic mass is 9.96. The van der Waals surface area contributed by atoms with Gasteiger partial charge < -0.3 is 0 Å². The van der Waals surface area contributed by atoms with Gasteiger partial charge in [-0.25, -0.2) is 0 Å². The SMILES string of the molecule is CCCCCCCCCCCCC(C)C(Br)CCC. The Bertz CT molecular complexity index is 167. The number of rotatable bonds is 14. The van der Waals surface area contributed by atoms with Gasteiger partial charge in [0.25, 0.3) is 0 Å². The molecule has 19 heavy (non-hydrogen) atoms. The summed E-state index contributed by atoms with van der Waals surface area (Å²) in [6, 6.07) is 0. The Balaban J connectivity index is 3.18. The van der Waals surface area contributed by atoms with Gasteiger partial charge in [-0.1, -0.05) is 107 Å². The summed E-state index contributed by atoms with van der Waals surface area (Å²) < 4.78 is 0. The first-order valence-electron chi connectivity index (χ1n) is 8.86. The topological polar surface area (TPSA) is 0 Å². The van der Waals surface area contributed by atoms with Crippen LogP contribution in [-0.2, 0) is 0 Å². The fourth-order valence-electron chi connectivity index (χ4n) is 2.69. The van der Waals surface area contributed by atoms with Crippen molar-refractivity contribution in [2.24, 2.45) is 5.92 Å². The summed E-state index contributed by atoms with van der Waals surface area (Å²) in [5, 5.41) is 0. The lowest BCUT2D eigenvalue weighted by Crippen LogP contribution is -2.10. The molecule has 0 rings (SSSR count). The quantitative estimate of drug-likeness (QED) is 0.228. The van der Waals surface area contributed by atoms with Crippen LogP contribution in [0.3, 0.4) is 0 Å². The Kier molecular flexibility index (Phi) is 15.3. The molecule has 2 atom stereocenters. The molecule has 2 unspecified atom stereocenters. The Labute approximate surface area is 131 Å². The van der Waals surface area contributed by atoms with Gasteiger partial charge in [0, 0.05) is 4.83 Å². The Morgan fingerprint density at radius 1 is 0.632 bits per heavy atom. The minimum absolute atomic E-state index is 0.746. The van der Waals surface area contributed by atoms with E-state index in [9.17, 15) is 0 Å². The summed E-state index contributed by atoms with van der Waals surface area (Å²) in [6.07, 6.45) is 18.5. The van der Waals surface area contributed by atoms with Crippen molar-refractivity contribution in [2.45, 2.75) is 109 Å². The highest BCUT2D eigenvalue weighted by atomic mass is 79.9. The molecule has 0 radical (unpaired) electrons. The maximum absolute atomic E-state index is 3.83. The minimum atomic E-state index is 0.746. The van der Waals surface area contributed by atoms with Crippen molar-refractivity contribution in [1.29, 1.82) is 0 Å². The first-order valence-corrected chi connectivity index (χ1v) is 9.78. The van der Waals surface area contributed by atoms with Crippen molar-refractivity contribution in [3.05, 3.63) is 0 Å². The van der Waals surface area contributed by atoms with E-state index in [4.69, 9.17) is 0 Å². The molecular formula is C18H37Br. The lowest BCUT2D eigenvalue weighted by Gasteiger charge is -2.17. The Morgan fingerprint density at radius 2 is 1.11 bits per heavy atom. The van der Waals surface area contributed by atoms with E-state index in [1.54, 1.807) is 0 Å². The Hall–Kier alpha value is 0.480. The molecule has 0 aliphatic heterocycles. The van der Waals surface area contributed by atoms with Crippen molar-refractivity contribution in [2.75, 3.05) is 0 Å². The van der Waals surface area contributed by atoms with E-state index >= 15 is 0 Å². The average Bonchev–Trinajstić information content (AvgIpc) is 2.41. The number of hydrogen-bond donors (Lipinski definition) is 0. The van der Waals surface area contributed by atoms with Gasteiger partial charge in [-0.2, -0.15) is 0 Å². The van der Waals surface area contributed by atoms with Crippen LogP contribution in [-0.4, -0.2) is 4.83 Å². The van der Waals surface area contributed by atoms with Gasteiger partial charge in [-0.3, -0.25) is 0 Å². The van der Waals surface area contributed by atoms with Crippen LogP contribution in [0.25, 0.3) is 0 Å². The van der Waals surface area contributed by atoms with Gasteiger partial charge in [-0.05, 0) is 18.8 Å².